The second-order valence-electron chi connectivity index (χ2n) is 6.93. The summed E-state index contributed by atoms with van der Waals surface area (Å²) in [6, 6.07) is 10.2. The Morgan fingerprint density at radius 3 is 2.70 bits per heavy atom. The molecule has 6 nitrogen and oxygen atoms in total. The number of hydrogen-bond donors (Lipinski definition) is 2. The third-order valence-corrected chi connectivity index (χ3v) is 5.49. The summed E-state index contributed by atoms with van der Waals surface area (Å²) >= 11 is 12.0. The molecule has 1 atom stereocenters. The molecule has 0 aromatic heterocycles. The van der Waals surface area contributed by atoms with Gasteiger partial charge in [0.05, 0.1) is 11.6 Å². The molecule has 9 heteroatoms. The first-order valence-electron chi connectivity index (χ1n) is 9.60. The molecule has 2 aromatic carbocycles. The Labute approximate surface area is 184 Å². The van der Waals surface area contributed by atoms with E-state index in [-0.39, 0.29) is 23.8 Å². The van der Waals surface area contributed by atoms with Gasteiger partial charge in [0.1, 0.15) is 16.6 Å². The Kier molecular flexibility index (Phi) is 7.76. The van der Waals surface area contributed by atoms with Gasteiger partial charge in [0.25, 0.3) is 0 Å². The van der Waals surface area contributed by atoms with Gasteiger partial charge < -0.3 is 20.3 Å². The summed E-state index contributed by atoms with van der Waals surface area (Å²) in [5.41, 5.74) is 0.500. The molecular formula is C21H22Cl2FN3O3. The van der Waals surface area contributed by atoms with Crippen LogP contribution in [-0.4, -0.2) is 42.6 Å². The van der Waals surface area contributed by atoms with Crippen molar-refractivity contribution in [2.75, 3.05) is 25.0 Å². The number of ether oxygens (including phenoxy) is 1. The van der Waals surface area contributed by atoms with Gasteiger partial charge in [-0.05, 0) is 49.2 Å². The zero-order valence-electron chi connectivity index (χ0n) is 16.2. The zero-order valence-corrected chi connectivity index (χ0v) is 17.7. The van der Waals surface area contributed by atoms with Crippen molar-refractivity contribution in [3.8, 4) is 5.75 Å². The average Bonchev–Trinajstić information content (AvgIpc) is 3.18. The topological polar surface area (TPSA) is 70.7 Å². The van der Waals surface area contributed by atoms with E-state index >= 15 is 0 Å². The highest BCUT2D eigenvalue weighted by molar-refractivity contribution is 6.42. The smallest absolute Gasteiger partial charge is 0.319 e. The minimum Gasteiger partial charge on any atom is -0.492 e. The zero-order chi connectivity index (χ0) is 21.5. The monoisotopic (exact) mass is 453 g/mol. The molecule has 0 aliphatic carbocycles. The van der Waals surface area contributed by atoms with Crippen molar-refractivity contribution in [3.05, 3.63) is 58.3 Å². The molecule has 160 valence electrons. The van der Waals surface area contributed by atoms with E-state index in [1.807, 2.05) is 0 Å². The largest absolute Gasteiger partial charge is 0.492 e. The average molecular weight is 454 g/mol. The van der Waals surface area contributed by atoms with E-state index in [1.54, 1.807) is 23.1 Å². The maximum absolute atomic E-state index is 12.9. The van der Waals surface area contributed by atoms with Crippen molar-refractivity contribution < 1.29 is 18.7 Å². The molecule has 1 aliphatic heterocycles. The predicted molar refractivity (Wildman–Crippen MR) is 115 cm³/mol. The van der Waals surface area contributed by atoms with Crippen LogP contribution < -0.4 is 15.4 Å². The van der Waals surface area contributed by atoms with Crippen LogP contribution in [0.3, 0.4) is 0 Å². The van der Waals surface area contributed by atoms with Crippen molar-refractivity contribution in [2.24, 2.45) is 0 Å². The first kappa shape index (κ1) is 22.2. The number of nitrogens with one attached hydrogen (secondary N) is 2. The Balaban J connectivity index is 1.36. The third-order valence-electron chi connectivity index (χ3n) is 4.69. The number of urea groups is 1. The number of halogens is 3. The number of nitrogens with zero attached hydrogens (tertiary/aromatic N) is 1. The highest BCUT2D eigenvalue weighted by Crippen LogP contribution is 2.31. The molecule has 1 saturated heterocycles. The van der Waals surface area contributed by atoms with Gasteiger partial charge in [-0.25, -0.2) is 9.18 Å². The molecule has 0 radical (unpaired) electrons. The standard InChI is InChI=1S/C21H22Cl2FN3O3/c22-17-3-1-4-18(20(17)23)30-12-2-5-19(28)27-11-10-16(13-27)26-21(29)25-15-8-6-14(24)7-9-15/h1,3-4,6-9,16H,2,5,10-13H2,(H2,25,26,29). The molecule has 0 saturated carbocycles. The molecule has 1 unspecified atom stereocenters. The molecule has 1 heterocycles. The second-order valence-corrected chi connectivity index (χ2v) is 7.72. The second kappa shape index (κ2) is 10.5. The number of benzene rings is 2. The first-order valence-corrected chi connectivity index (χ1v) is 10.4. The fourth-order valence-electron chi connectivity index (χ4n) is 3.15. The van der Waals surface area contributed by atoms with Gasteiger partial charge in [0.2, 0.25) is 5.91 Å². The summed E-state index contributed by atoms with van der Waals surface area (Å²) < 4.78 is 18.5. The SMILES string of the molecule is O=C(Nc1ccc(F)cc1)NC1CCN(C(=O)CCCOc2cccc(Cl)c2Cl)C1. The lowest BCUT2D eigenvalue weighted by molar-refractivity contribution is -0.130. The van der Waals surface area contributed by atoms with Gasteiger partial charge in [0.15, 0.2) is 0 Å². The summed E-state index contributed by atoms with van der Waals surface area (Å²) in [6.07, 6.45) is 1.56. The number of rotatable bonds is 7. The van der Waals surface area contributed by atoms with Crippen molar-refractivity contribution in [1.29, 1.82) is 0 Å². The van der Waals surface area contributed by atoms with Crippen LogP contribution in [0.2, 0.25) is 10.0 Å². The Morgan fingerprint density at radius 1 is 1.17 bits per heavy atom. The molecule has 0 spiro atoms. The highest BCUT2D eigenvalue weighted by Gasteiger charge is 2.27. The van der Waals surface area contributed by atoms with Crippen LogP contribution in [0.5, 0.6) is 5.75 Å². The highest BCUT2D eigenvalue weighted by atomic mass is 35.5. The van der Waals surface area contributed by atoms with E-state index in [2.05, 4.69) is 10.6 Å². The lowest BCUT2D eigenvalue weighted by atomic mass is 10.2. The van der Waals surface area contributed by atoms with E-state index < -0.39 is 0 Å². The van der Waals surface area contributed by atoms with E-state index in [4.69, 9.17) is 27.9 Å². The Bertz CT molecular complexity index is 896. The van der Waals surface area contributed by atoms with E-state index in [1.165, 1.54) is 24.3 Å². The van der Waals surface area contributed by atoms with E-state index in [0.29, 0.717) is 60.4 Å². The van der Waals surface area contributed by atoms with Crippen LogP contribution in [0.1, 0.15) is 19.3 Å². The maximum atomic E-state index is 12.9. The molecule has 1 aliphatic rings. The van der Waals surface area contributed by atoms with Gasteiger partial charge in [-0.15, -0.1) is 0 Å². The van der Waals surface area contributed by atoms with E-state index in [9.17, 15) is 14.0 Å². The lowest BCUT2D eigenvalue weighted by Crippen LogP contribution is -2.40. The summed E-state index contributed by atoms with van der Waals surface area (Å²) in [7, 11) is 0. The van der Waals surface area contributed by atoms with Gasteiger partial charge >= 0.3 is 6.03 Å². The molecule has 2 N–H and O–H groups in total. The van der Waals surface area contributed by atoms with Crippen molar-refractivity contribution in [3.63, 3.8) is 0 Å². The quantitative estimate of drug-likeness (QED) is 0.596. The molecule has 3 amide bonds. The van der Waals surface area contributed by atoms with Gasteiger partial charge in [-0.3, -0.25) is 4.79 Å². The molecule has 30 heavy (non-hydrogen) atoms. The van der Waals surface area contributed by atoms with Gasteiger partial charge in [0, 0.05) is 31.2 Å². The van der Waals surface area contributed by atoms with Crippen LogP contribution in [0, 0.1) is 5.82 Å². The van der Waals surface area contributed by atoms with Crippen LogP contribution in [0.25, 0.3) is 0 Å². The minimum atomic E-state index is -0.382. The van der Waals surface area contributed by atoms with E-state index in [0.717, 1.165) is 0 Å². The van der Waals surface area contributed by atoms with Crippen molar-refractivity contribution in [2.45, 2.75) is 25.3 Å². The Morgan fingerprint density at radius 2 is 1.93 bits per heavy atom. The number of amides is 3. The number of hydrogen-bond acceptors (Lipinski definition) is 3. The summed E-state index contributed by atoms with van der Waals surface area (Å²) in [6.45, 7) is 1.39. The maximum Gasteiger partial charge on any atom is 0.319 e. The van der Waals surface area contributed by atoms with Crippen molar-refractivity contribution in [1.82, 2.24) is 10.2 Å². The molecule has 1 fully saturated rings. The fraction of sp³-hybridized carbons (Fsp3) is 0.333. The van der Waals surface area contributed by atoms with Crippen LogP contribution in [-0.2, 0) is 4.79 Å². The van der Waals surface area contributed by atoms with Crippen molar-refractivity contribution >= 4 is 40.8 Å². The summed E-state index contributed by atoms with van der Waals surface area (Å²) in [5.74, 6) is 0.139. The van der Waals surface area contributed by atoms with Crippen LogP contribution >= 0.6 is 23.2 Å². The van der Waals surface area contributed by atoms with Gasteiger partial charge in [-0.1, -0.05) is 29.3 Å². The predicted octanol–water partition coefficient (Wildman–Crippen LogP) is 4.71. The number of carbonyl (C=O) groups is 2. The third kappa shape index (κ3) is 6.24. The number of anilines is 1. The van der Waals surface area contributed by atoms with Crippen LogP contribution in [0.15, 0.2) is 42.5 Å². The minimum absolute atomic E-state index is 0.0130. The summed E-state index contributed by atoms with van der Waals surface area (Å²) in [4.78, 5) is 26.2. The van der Waals surface area contributed by atoms with Crippen LogP contribution in [0.4, 0.5) is 14.9 Å². The fourth-order valence-corrected chi connectivity index (χ4v) is 3.50. The number of likely N-dealkylation sites (tertiary alicyclic amines) is 1. The number of carbonyl (C=O) groups excluding carboxylic acids is 2. The first-order chi connectivity index (χ1) is 14.4. The molecule has 3 rings (SSSR count). The molecule has 0 bridgehead atoms. The summed E-state index contributed by atoms with van der Waals surface area (Å²) in [5, 5.41) is 6.27. The van der Waals surface area contributed by atoms with Gasteiger partial charge in [-0.2, -0.15) is 0 Å². The molecule has 2 aromatic rings. The lowest BCUT2D eigenvalue weighted by Gasteiger charge is -2.17. The molecular weight excluding hydrogens is 432 g/mol. The Hall–Kier alpha value is -2.51. The normalized spacial score (nSPS) is 15.7.